The summed E-state index contributed by atoms with van der Waals surface area (Å²) in [5.74, 6) is 0. The lowest BCUT2D eigenvalue weighted by atomic mass is 9.81. The summed E-state index contributed by atoms with van der Waals surface area (Å²) in [7, 11) is 0. The Bertz CT molecular complexity index is 2310. The van der Waals surface area contributed by atoms with Crippen LogP contribution in [0, 0.1) is 0 Å². The fourth-order valence-corrected chi connectivity index (χ4v) is 8.32. The fourth-order valence-electron chi connectivity index (χ4n) is 7.24. The first-order valence-electron chi connectivity index (χ1n) is 13.6. The van der Waals surface area contributed by atoms with Crippen LogP contribution in [-0.4, -0.2) is 4.57 Å². The second-order valence-electron chi connectivity index (χ2n) is 11.3. The molecule has 1 aliphatic rings. The van der Waals surface area contributed by atoms with Gasteiger partial charge in [-0.15, -0.1) is 11.3 Å². The average molecular weight is 516 g/mol. The van der Waals surface area contributed by atoms with Crippen molar-refractivity contribution in [2.24, 2.45) is 0 Å². The quantitative estimate of drug-likeness (QED) is 0.205. The Labute approximate surface area is 230 Å². The first-order chi connectivity index (χ1) is 19.1. The summed E-state index contributed by atoms with van der Waals surface area (Å²) in [6.07, 6.45) is 0. The number of hydrogen-bond acceptors (Lipinski definition) is 1. The van der Waals surface area contributed by atoms with Gasteiger partial charge >= 0.3 is 0 Å². The summed E-state index contributed by atoms with van der Waals surface area (Å²) < 4.78 is 5.21. The zero-order valence-corrected chi connectivity index (χ0v) is 22.6. The van der Waals surface area contributed by atoms with E-state index >= 15 is 0 Å². The number of hydrogen-bond donors (Lipinski definition) is 0. The SMILES string of the molecule is CC1(C)c2ccc3ccccc3c2-c2ccc3c4ccccc4n(-c4ccc5sc6ccccc6c5c4)c3c21. The average Bonchev–Trinajstić information content (AvgIpc) is 3.58. The van der Waals surface area contributed by atoms with Crippen LogP contribution >= 0.6 is 11.3 Å². The Kier molecular flexibility index (Phi) is 4.07. The van der Waals surface area contributed by atoms with E-state index in [2.05, 4.69) is 134 Å². The molecule has 0 N–H and O–H groups in total. The van der Waals surface area contributed by atoms with Crippen LogP contribution < -0.4 is 0 Å². The van der Waals surface area contributed by atoms with Crippen LogP contribution in [-0.2, 0) is 5.41 Å². The van der Waals surface area contributed by atoms with Gasteiger partial charge in [0, 0.05) is 42.0 Å². The number of fused-ring (bicyclic) bond motifs is 12. The highest BCUT2D eigenvalue weighted by atomic mass is 32.1. The molecule has 0 radical (unpaired) electrons. The van der Waals surface area contributed by atoms with Crippen molar-refractivity contribution in [1.82, 2.24) is 4.57 Å². The molecular formula is C37H25NS. The van der Waals surface area contributed by atoms with E-state index in [1.54, 1.807) is 0 Å². The highest BCUT2D eigenvalue weighted by Crippen LogP contribution is 2.55. The van der Waals surface area contributed by atoms with Gasteiger partial charge < -0.3 is 4.57 Å². The van der Waals surface area contributed by atoms with Crippen molar-refractivity contribution in [2.45, 2.75) is 19.3 Å². The third-order valence-corrected chi connectivity index (χ3v) is 10.1. The number of rotatable bonds is 1. The van der Waals surface area contributed by atoms with Crippen LogP contribution in [0.15, 0.2) is 115 Å². The van der Waals surface area contributed by atoms with Gasteiger partial charge in [-0.05, 0) is 63.4 Å². The molecule has 0 unspecified atom stereocenters. The standard InChI is InChI=1S/C37H25NS/c1-37(2)30-19-15-22-9-3-4-10-24(22)34(30)28-18-17-27-25-11-5-7-13-31(25)38(36(27)35(28)37)23-16-20-33-29(21-23)26-12-6-8-14-32(26)39-33/h3-21H,1-2H3. The Hall–Kier alpha value is -4.40. The Morgan fingerprint density at radius 3 is 2.23 bits per heavy atom. The molecule has 0 atom stereocenters. The van der Waals surface area contributed by atoms with Gasteiger partial charge in [-0.25, -0.2) is 0 Å². The van der Waals surface area contributed by atoms with E-state index in [0.29, 0.717) is 0 Å². The summed E-state index contributed by atoms with van der Waals surface area (Å²) in [4.78, 5) is 0. The molecule has 0 bridgehead atoms. The molecule has 9 rings (SSSR count). The van der Waals surface area contributed by atoms with Crippen LogP contribution in [0.4, 0.5) is 0 Å². The molecule has 0 saturated carbocycles. The molecule has 0 fully saturated rings. The van der Waals surface area contributed by atoms with Crippen LogP contribution in [0.2, 0.25) is 0 Å². The number of thiophene rings is 1. The summed E-state index contributed by atoms with van der Waals surface area (Å²) in [5, 5.41) is 7.95. The van der Waals surface area contributed by atoms with E-state index in [1.807, 2.05) is 11.3 Å². The van der Waals surface area contributed by atoms with Crippen molar-refractivity contribution in [1.29, 1.82) is 0 Å². The van der Waals surface area contributed by atoms with Crippen molar-refractivity contribution < 1.29 is 0 Å². The molecule has 0 saturated heterocycles. The minimum absolute atomic E-state index is 0.125. The van der Waals surface area contributed by atoms with Crippen molar-refractivity contribution in [3.05, 3.63) is 126 Å². The zero-order valence-electron chi connectivity index (χ0n) is 21.8. The second-order valence-corrected chi connectivity index (χ2v) is 12.4. The zero-order chi connectivity index (χ0) is 25.9. The Balaban J connectivity index is 1.45. The number of aromatic nitrogens is 1. The normalized spacial score (nSPS) is 14.1. The first-order valence-corrected chi connectivity index (χ1v) is 14.4. The third-order valence-electron chi connectivity index (χ3n) is 8.95. The monoisotopic (exact) mass is 515 g/mol. The van der Waals surface area contributed by atoms with E-state index < -0.39 is 0 Å². The van der Waals surface area contributed by atoms with Crippen LogP contribution in [0.5, 0.6) is 0 Å². The molecule has 1 aliphatic carbocycles. The Morgan fingerprint density at radius 2 is 1.33 bits per heavy atom. The van der Waals surface area contributed by atoms with E-state index in [9.17, 15) is 0 Å². The van der Waals surface area contributed by atoms with Gasteiger partial charge in [0.1, 0.15) is 0 Å². The van der Waals surface area contributed by atoms with Crippen molar-refractivity contribution in [3.63, 3.8) is 0 Å². The van der Waals surface area contributed by atoms with Gasteiger partial charge in [0.05, 0.1) is 11.0 Å². The smallest absolute Gasteiger partial charge is 0.0588 e. The first kappa shape index (κ1) is 21.5. The largest absolute Gasteiger partial charge is 0.309 e. The van der Waals surface area contributed by atoms with Crippen molar-refractivity contribution >= 4 is 64.1 Å². The predicted octanol–water partition coefficient (Wildman–Crippen LogP) is 10.6. The number of para-hydroxylation sites is 1. The topological polar surface area (TPSA) is 4.93 Å². The number of nitrogens with zero attached hydrogens (tertiary/aromatic N) is 1. The molecule has 0 spiro atoms. The van der Waals surface area contributed by atoms with E-state index in [1.165, 1.54) is 80.7 Å². The van der Waals surface area contributed by atoms with E-state index in [4.69, 9.17) is 0 Å². The van der Waals surface area contributed by atoms with Gasteiger partial charge in [-0.3, -0.25) is 0 Å². The summed E-state index contributed by atoms with van der Waals surface area (Å²) >= 11 is 1.88. The third kappa shape index (κ3) is 2.69. The molecule has 39 heavy (non-hydrogen) atoms. The minimum atomic E-state index is -0.125. The molecule has 0 amide bonds. The number of benzene rings is 6. The summed E-state index contributed by atoms with van der Waals surface area (Å²) in [6.45, 7) is 4.81. The maximum absolute atomic E-state index is 2.53. The fraction of sp³-hybridized carbons (Fsp3) is 0.0811. The van der Waals surface area contributed by atoms with Crippen LogP contribution in [0.3, 0.4) is 0 Å². The van der Waals surface area contributed by atoms with E-state index in [0.717, 1.165) is 0 Å². The van der Waals surface area contributed by atoms with Crippen LogP contribution in [0.25, 0.3) is 69.6 Å². The van der Waals surface area contributed by atoms with E-state index in [-0.39, 0.29) is 5.41 Å². The molecule has 8 aromatic rings. The predicted molar refractivity (Wildman–Crippen MR) is 169 cm³/mol. The van der Waals surface area contributed by atoms with Gasteiger partial charge in [0.15, 0.2) is 0 Å². The van der Waals surface area contributed by atoms with Crippen LogP contribution in [0.1, 0.15) is 25.0 Å². The summed E-state index contributed by atoms with van der Waals surface area (Å²) in [5.41, 5.74) is 9.30. The van der Waals surface area contributed by atoms with Gasteiger partial charge in [0.25, 0.3) is 0 Å². The molecule has 1 nitrogen and oxygen atoms in total. The maximum atomic E-state index is 2.53. The minimum Gasteiger partial charge on any atom is -0.309 e. The summed E-state index contributed by atoms with van der Waals surface area (Å²) in [6, 6.07) is 42.9. The molecule has 2 aromatic heterocycles. The highest BCUT2D eigenvalue weighted by Gasteiger charge is 2.39. The molecular weight excluding hydrogens is 490 g/mol. The van der Waals surface area contributed by atoms with Gasteiger partial charge in [0.2, 0.25) is 0 Å². The molecule has 184 valence electrons. The lowest BCUT2D eigenvalue weighted by Gasteiger charge is -2.24. The molecule has 0 aliphatic heterocycles. The lowest BCUT2D eigenvalue weighted by Crippen LogP contribution is -2.16. The lowest BCUT2D eigenvalue weighted by molar-refractivity contribution is 0.664. The second kappa shape index (κ2) is 7.37. The molecule has 2 heterocycles. The van der Waals surface area contributed by atoms with Gasteiger partial charge in [-0.1, -0.05) is 98.8 Å². The highest BCUT2D eigenvalue weighted by molar-refractivity contribution is 7.25. The van der Waals surface area contributed by atoms with Crippen molar-refractivity contribution in [2.75, 3.05) is 0 Å². The molecule has 6 aromatic carbocycles. The maximum Gasteiger partial charge on any atom is 0.0588 e. The van der Waals surface area contributed by atoms with Crippen molar-refractivity contribution in [3.8, 4) is 16.8 Å². The van der Waals surface area contributed by atoms with Gasteiger partial charge in [-0.2, -0.15) is 0 Å². The Morgan fingerprint density at radius 1 is 0.590 bits per heavy atom. The molecule has 2 heteroatoms.